The molecule has 2 amide bonds. The van der Waals surface area contributed by atoms with E-state index in [1.165, 1.54) is 11.9 Å². The van der Waals surface area contributed by atoms with Crippen molar-refractivity contribution in [2.45, 2.75) is 19.5 Å². The van der Waals surface area contributed by atoms with Crippen molar-refractivity contribution in [1.82, 2.24) is 20.4 Å². The lowest BCUT2D eigenvalue weighted by molar-refractivity contribution is -0.143. The van der Waals surface area contributed by atoms with Crippen molar-refractivity contribution in [3.63, 3.8) is 0 Å². The van der Waals surface area contributed by atoms with Gasteiger partial charge < -0.3 is 10.6 Å². The van der Waals surface area contributed by atoms with Crippen LogP contribution in [0.4, 0.5) is 13.2 Å². The number of guanidine groups is 1. The van der Waals surface area contributed by atoms with E-state index in [0.29, 0.717) is 19.0 Å². The highest BCUT2D eigenvalue weighted by Gasteiger charge is 2.58. The summed E-state index contributed by atoms with van der Waals surface area (Å²) in [6.07, 6.45) is 0.789. The second kappa shape index (κ2) is 8.73. The van der Waals surface area contributed by atoms with Gasteiger partial charge in [-0.05, 0) is 32.2 Å². The normalized spacial score (nSPS) is 28.6. The highest BCUT2D eigenvalue weighted by Crippen LogP contribution is 2.52. The molecular weight excluding hydrogens is 387 g/mol. The highest BCUT2D eigenvalue weighted by atomic mass is 19.4. The summed E-state index contributed by atoms with van der Waals surface area (Å²) in [6, 6.07) is 0. The number of amides is 2. The first-order chi connectivity index (χ1) is 13.7. The lowest BCUT2D eigenvalue weighted by Gasteiger charge is -2.19. The van der Waals surface area contributed by atoms with E-state index in [-0.39, 0.29) is 55.1 Å². The largest absolute Gasteiger partial charge is 0.401 e. The lowest BCUT2D eigenvalue weighted by Crippen LogP contribution is -2.44. The zero-order valence-electron chi connectivity index (χ0n) is 16.7. The van der Waals surface area contributed by atoms with E-state index in [9.17, 15) is 22.8 Å². The van der Waals surface area contributed by atoms with Crippen molar-refractivity contribution in [2.24, 2.45) is 28.7 Å². The Morgan fingerprint density at radius 1 is 1.21 bits per heavy atom. The van der Waals surface area contributed by atoms with Gasteiger partial charge in [0.25, 0.3) is 0 Å². The minimum Gasteiger partial charge on any atom is -0.357 e. The van der Waals surface area contributed by atoms with E-state index >= 15 is 0 Å². The number of carbonyl (C=O) groups is 2. The average molecular weight is 415 g/mol. The first-order valence-corrected chi connectivity index (χ1v) is 10.0. The molecule has 3 rings (SSSR count). The fourth-order valence-electron chi connectivity index (χ4n) is 4.53. The molecule has 2 N–H and O–H groups in total. The Labute approximate surface area is 168 Å². The zero-order chi connectivity index (χ0) is 21.2. The highest BCUT2D eigenvalue weighted by molar-refractivity contribution is 6.06. The number of likely N-dealkylation sites (tertiary alicyclic amines) is 1. The van der Waals surface area contributed by atoms with Gasteiger partial charge in [0.05, 0.1) is 24.9 Å². The number of likely N-dealkylation sites (N-methyl/N-ethyl adjacent to an activating group) is 1. The van der Waals surface area contributed by atoms with Crippen LogP contribution >= 0.6 is 0 Å². The quantitative estimate of drug-likeness (QED) is 0.266. The summed E-state index contributed by atoms with van der Waals surface area (Å²) >= 11 is 0. The second-order valence-corrected chi connectivity index (χ2v) is 7.87. The van der Waals surface area contributed by atoms with Gasteiger partial charge in [-0.3, -0.25) is 24.4 Å². The summed E-state index contributed by atoms with van der Waals surface area (Å²) in [4.78, 5) is 32.1. The van der Waals surface area contributed by atoms with Crippen LogP contribution in [0.5, 0.6) is 0 Å². The van der Waals surface area contributed by atoms with Crippen molar-refractivity contribution in [3.8, 4) is 0 Å². The molecule has 29 heavy (non-hydrogen) atoms. The second-order valence-electron chi connectivity index (χ2n) is 7.87. The Balaban J connectivity index is 1.46. The summed E-state index contributed by atoms with van der Waals surface area (Å²) in [6.45, 7) is 2.44. The Kier molecular flexibility index (Phi) is 6.50. The standard InChI is InChI=1S/C19H28F3N5O2/c1-3-23-18(24-6-8-26(2)11-19(20,21)22)25-7-9-27-16(28)14-12-4-5-13(10-12)15(14)17(27)29/h4-5,12-15H,3,6-11H2,1-2H3,(H2,23,24,25). The fourth-order valence-corrected chi connectivity index (χ4v) is 4.53. The van der Waals surface area contributed by atoms with Crippen LogP contribution in [0.2, 0.25) is 0 Å². The maximum atomic E-state index is 12.6. The molecule has 162 valence electrons. The number of allylic oxidation sites excluding steroid dienone is 2. The Morgan fingerprint density at radius 3 is 2.38 bits per heavy atom. The fraction of sp³-hybridized carbons (Fsp3) is 0.737. The van der Waals surface area contributed by atoms with Gasteiger partial charge in [0.15, 0.2) is 5.96 Å². The lowest BCUT2D eigenvalue weighted by atomic mass is 9.85. The van der Waals surface area contributed by atoms with Crippen LogP contribution in [-0.4, -0.2) is 80.1 Å². The van der Waals surface area contributed by atoms with Crippen LogP contribution in [-0.2, 0) is 9.59 Å². The molecule has 1 heterocycles. The van der Waals surface area contributed by atoms with Crippen LogP contribution in [0.1, 0.15) is 13.3 Å². The first kappa shape index (κ1) is 21.6. The van der Waals surface area contributed by atoms with Gasteiger partial charge in [0.1, 0.15) is 0 Å². The molecule has 10 heteroatoms. The van der Waals surface area contributed by atoms with Gasteiger partial charge in [0.2, 0.25) is 11.8 Å². The SMILES string of the molecule is CCNC(=NCCN(C)CC(F)(F)F)NCCN1C(=O)C2C3C=CC(C3)C2C1=O. The maximum Gasteiger partial charge on any atom is 0.401 e. The van der Waals surface area contributed by atoms with Crippen LogP contribution in [0.15, 0.2) is 17.1 Å². The average Bonchev–Trinajstić information content (AvgIpc) is 3.29. The number of aliphatic imine (C=N–C) groups is 1. The van der Waals surface area contributed by atoms with Crippen molar-refractivity contribution >= 4 is 17.8 Å². The molecule has 0 radical (unpaired) electrons. The number of fused-ring (bicyclic) bond motifs is 5. The molecule has 3 aliphatic rings. The number of imide groups is 1. The number of halogens is 3. The Hall–Kier alpha value is -2.10. The molecule has 2 fully saturated rings. The third-order valence-electron chi connectivity index (χ3n) is 5.73. The van der Waals surface area contributed by atoms with E-state index in [0.717, 1.165) is 11.3 Å². The van der Waals surface area contributed by atoms with Gasteiger partial charge in [-0.15, -0.1) is 0 Å². The molecule has 2 bridgehead atoms. The van der Waals surface area contributed by atoms with Crippen molar-refractivity contribution < 1.29 is 22.8 Å². The van der Waals surface area contributed by atoms with Crippen molar-refractivity contribution in [3.05, 3.63) is 12.2 Å². The van der Waals surface area contributed by atoms with Crippen molar-refractivity contribution in [1.29, 1.82) is 0 Å². The molecule has 0 spiro atoms. The number of rotatable bonds is 8. The molecule has 1 saturated heterocycles. The molecule has 0 aromatic carbocycles. The van der Waals surface area contributed by atoms with Crippen LogP contribution in [0.25, 0.3) is 0 Å². The topological polar surface area (TPSA) is 77.0 Å². The van der Waals surface area contributed by atoms with E-state index < -0.39 is 12.7 Å². The number of hydrogen-bond donors (Lipinski definition) is 2. The molecule has 0 aromatic heterocycles. The van der Waals surface area contributed by atoms with E-state index in [1.807, 2.05) is 6.92 Å². The van der Waals surface area contributed by atoms with Crippen LogP contribution in [0, 0.1) is 23.7 Å². The Bertz CT molecular complexity index is 664. The minimum absolute atomic E-state index is 0.0886. The molecule has 1 saturated carbocycles. The number of hydrogen-bond acceptors (Lipinski definition) is 4. The third kappa shape index (κ3) is 4.91. The van der Waals surface area contributed by atoms with Gasteiger partial charge in [-0.1, -0.05) is 12.2 Å². The van der Waals surface area contributed by atoms with E-state index in [4.69, 9.17) is 0 Å². The number of alkyl halides is 3. The van der Waals surface area contributed by atoms with Gasteiger partial charge in [-0.2, -0.15) is 13.2 Å². The summed E-state index contributed by atoms with van der Waals surface area (Å²) in [5, 5.41) is 6.07. The van der Waals surface area contributed by atoms with Gasteiger partial charge >= 0.3 is 6.18 Å². The van der Waals surface area contributed by atoms with Crippen molar-refractivity contribution in [2.75, 3.05) is 46.3 Å². The van der Waals surface area contributed by atoms with Gasteiger partial charge in [-0.25, -0.2) is 0 Å². The summed E-state index contributed by atoms with van der Waals surface area (Å²) in [5.74, 6) is 0.240. The van der Waals surface area contributed by atoms with Gasteiger partial charge in [0, 0.05) is 26.2 Å². The number of nitrogens with one attached hydrogen (secondary N) is 2. The summed E-state index contributed by atoms with van der Waals surface area (Å²) in [7, 11) is 1.40. The van der Waals surface area contributed by atoms with Crippen LogP contribution in [0.3, 0.4) is 0 Å². The molecular formula is C19H28F3N5O2. The van der Waals surface area contributed by atoms with Crippen LogP contribution < -0.4 is 10.6 Å². The van der Waals surface area contributed by atoms with E-state index in [2.05, 4.69) is 27.8 Å². The third-order valence-corrected chi connectivity index (χ3v) is 5.73. The predicted octanol–water partition coefficient (Wildman–Crippen LogP) is 0.843. The minimum atomic E-state index is -4.23. The predicted molar refractivity (Wildman–Crippen MR) is 102 cm³/mol. The summed E-state index contributed by atoms with van der Waals surface area (Å²) in [5.41, 5.74) is 0. The molecule has 1 aliphatic heterocycles. The zero-order valence-corrected chi connectivity index (χ0v) is 16.7. The monoisotopic (exact) mass is 415 g/mol. The first-order valence-electron chi connectivity index (χ1n) is 10.0. The number of carbonyl (C=O) groups excluding carboxylic acids is 2. The number of nitrogens with zero attached hydrogens (tertiary/aromatic N) is 3. The molecule has 4 atom stereocenters. The summed E-state index contributed by atoms with van der Waals surface area (Å²) < 4.78 is 37.1. The molecule has 0 aromatic rings. The van der Waals surface area contributed by atoms with E-state index in [1.54, 1.807) is 0 Å². The Morgan fingerprint density at radius 2 is 1.83 bits per heavy atom. The molecule has 7 nitrogen and oxygen atoms in total. The maximum absolute atomic E-state index is 12.6. The smallest absolute Gasteiger partial charge is 0.357 e. The molecule has 2 aliphatic carbocycles. The molecule has 4 unspecified atom stereocenters.